The van der Waals surface area contributed by atoms with E-state index in [4.69, 9.17) is 5.73 Å². The molecule has 4 heteroatoms. The Labute approximate surface area is 126 Å². The van der Waals surface area contributed by atoms with Crippen LogP contribution in [0.15, 0.2) is 53.5 Å². The molecule has 0 aliphatic rings. The molecule has 0 fully saturated rings. The van der Waals surface area contributed by atoms with Gasteiger partial charge in [0, 0.05) is 5.69 Å². The molecule has 2 aromatic carbocycles. The van der Waals surface area contributed by atoms with Crippen molar-refractivity contribution in [2.45, 2.75) is 20.3 Å². The van der Waals surface area contributed by atoms with E-state index in [1.54, 1.807) is 0 Å². The van der Waals surface area contributed by atoms with Crippen LogP contribution >= 0.6 is 12.4 Å². The van der Waals surface area contributed by atoms with Gasteiger partial charge in [-0.1, -0.05) is 37.3 Å². The molecule has 0 aromatic heterocycles. The number of aliphatic imine (C=N–C) groups is 1. The van der Waals surface area contributed by atoms with Crippen LogP contribution < -0.4 is 11.1 Å². The van der Waals surface area contributed by atoms with E-state index in [9.17, 15) is 0 Å². The number of aryl methyl sites for hydroxylation is 2. The van der Waals surface area contributed by atoms with Crippen molar-refractivity contribution in [2.24, 2.45) is 10.7 Å². The van der Waals surface area contributed by atoms with E-state index >= 15 is 0 Å². The van der Waals surface area contributed by atoms with Crippen molar-refractivity contribution in [1.29, 1.82) is 0 Å². The zero-order valence-corrected chi connectivity index (χ0v) is 12.6. The Morgan fingerprint density at radius 3 is 2.60 bits per heavy atom. The summed E-state index contributed by atoms with van der Waals surface area (Å²) in [5, 5.41) is 3.12. The highest BCUT2D eigenvalue weighted by molar-refractivity contribution is 5.94. The van der Waals surface area contributed by atoms with Crippen LogP contribution in [0.4, 0.5) is 11.4 Å². The number of nitrogens with two attached hydrogens (primary N) is 1. The molecule has 0 saturated carbocycles. The minimum atomic E-state index is 0. The maximum atomic E-state index is 5.94. The molecule has 2 rings (SSSR count). The minimum absolute atomic E-state index is 0. The fourth-order valence-electron chi connectivity index (χ4n) is 1.86. The molecule has 0 saturated heterocycles. The van der Waals surface area contributed by atoms with Gasteiger partial charge in [0.05, 0.1) is 5.69 Å². The van der Waals surface area contributed by atoms with E-state index in [1.807, 2.05) is 43.3 Å². The molecule has 0 radical (unpaired) electrons. The SMILES string of the molecule is CCc1cccc(NC(N)=Nc2ccccc2C)c1.Cl. The van der Waals surface area contributed by atoms with E-state index < -0.39 is 0 Å². The van der Waals surface area contributed by atoms with Gasteiger partial charge < -0.3 is 11.1 Å². The summed E-state index contributed by atoms with van der Waals surface area (Å²) >= 11 is 0. The predicted molar refractivity (Wildman–Crippen MR) is 89.2 cm³/mol. The van der Waals surface area contributed by atoms with Gasteiger partial charge in [-0.05, 0) is 42.7 Å². The normalized spacial score (nSPS) is 10.8. The van der Waals surface area contributed by atoms with Crippen LogP contribution in [-0.4, -0.2) is 5.96 Å². The molecule has 3 N–H and O–H groups in total. The number of nitrogens with zero attached hydrogens (tertiary/aromatic N) is 1. The first-order valence-corrected chi connectivity index (χ1v) is 6.45. The largest absolute Gasteiger partial charge is 0.369 e. The highest BCUT2D eigenvalue weighted by Gasteiger charge is 1.99. The third-order valence-electron chi connectivity index (χ3n) is 2.96. The van der Waals surface area contributed by atoms with E-state index in [2.05, 4.69) is 29.4 Å². The summed E-state index contributed by atoms with van der Waals surface area (Å²) in [5.41, 5.74) is 10.2. The van der Waals surface area contributed by atoms with Crippen molar-refractivity contribution in [2.75, 3.05) is 5.32 Å². The summed E-state index contributed by atoms with van der Waals surface area (Å²) in [6.07, 6.45) is 1.00. The van der Waals surface area contributed by atoms with Gasteiger partial charge in [-0.2, -0.15) is 0 Å². The quantitative estimate of drug-likeness (QED) is 0.662. The summed E-state index contributed by atoms with van der Waals surface area (Å²) < 4.78 is 0. The number of anilines is 1. The maximum Gasteiger partial charge on any atom is 0.198 e. The molecule has 0 atom stereocenters. The maximum absolute atomic E-state index is 5.94. The van der Waals surface area contributed by atoms with Crippen molar-refractivity contribution in [3.8, 4) is 0 Å². The second-order valence-corrected chi connectivity index (χ2v) is 4.46. The van der Waals surface area contributed by atoms with Gasteiger partial charge in [-0.15, -0.1) is 12.4 Å². The zero-order valence-electron chi connectivity index (χ0n) is 11.8. The molecule has 0 unspecified atom stereocenters. The lowest BCUT2D eigenvalue weighted by Crippen LogP contribution is -2.22. The summed E-state index contributed by atoms with van der Waals surface area (Å²) in [5.74, 6) is 0.405. The summed E-state index contributed by atoms with van der Waals surface area (Å²) in [4.78, 5) is 4.39. The Morgan fingerprint density at radius 1 is 1.15 bits per heavy atom. The number of guanidine groups is 1. The summed E-state index contributed by atoms with van der Waals surface area (Å²) in [6, 6.07) is 16.1. The minimum Gasteiger partial charge on any atom is -0.369 e. The first-order valence-electron chi connectivity index (χ1n) is 6.45. The molecule has 0 bridgehead atoms. The Kier molecular flexibility index (Phi) is 6.07. The van der Waals surface area contributed by atoms with Crippen LogP contribution in [0.2, 0.25) is 0 Å². The van der Waals surface area contributed by atoms with Crippen LogP contribution in [0.1, 0.15) is 18.1 Å². The van der Waals surface area contributed by atoms with Gasteiger partial charge in [-0.3, -0.25) is 0 Å². The average molecular weight is 290 g/mol. The number of nitrogens with one attached hydrogen (secondary N) is 1. The Bertz CT molecular complexity index is 594. The molecule has 2 aromatic rings. The predicted octanol–water partition coefficient (Wildman–Crippen LogP) is 4.04. The van der Waals surface area contributed by atoms with Gasteiger partial charge in [-0.25, -0.2) is 4.99 Å². The Balaban J connectivity index is 0.00000200. The highest BCUT2D eigenvalue weighted by atomic mass is 35.5. The monoisotopic (exact) mass is 289 g/mol. The Morgan fingerprint density at radius 2 is 1.90 bits per heavy atom. The van der Waals surface area contributed by atoms with Gasteiger partial charge in [0.15, 0.2) is 5.96 Å². The topological polar surface area (TPSA) is 50.4 Å². The van der Waals surface area contributed by atoms with Gasteiger partial charge in [0.2, 0.25) is 0 Å². The Hall–Kier alpha value is -2.00. The molecule has 0 aliphatic heterocycles. The molecular weight excluding hydrogens is 270 g/mol. The molecule has 0 heterocycles. The zero-order chi connectivity index (χ0) is 13.7. The lowest BCUT2D eigenvalue weighted by molar-refractivity contribution is 1.14. The van der Waals surface area contributed by atoms with Crippen molar-refractivity contribution in [1.82, 2.24) is 0 Å². The lowest BCUT2D eigenvalue weighted by Gasteiger charge is -2.07. The standard InChI is InChI=1S/C16H19N3.ClH/c1-3-13-8-6-9-14(11-13)18-16(17)19-15-10-5-4-7-12(15)2;/h4-11H,3H2,1-2H3,(H3,17,18,19);1H. The van der Waals surface area contributed by atoms with E-state index in [0.29, 0.717) is 5.96 Å². The molecule has 20 heavy (non-hydrogen) atoms. The highest BCUT2D eigenvalue weighted by Crippen LogP contribution is 2.17. The van der Waals surface area contributed by atoms with Crippen molar-refractivity contribution in [3.63, 3.8) is 0 Å². The van der Waals surface area contributed by atoms with Crippen LogP contribution in [0.25, 0.3) is 0 Å². The third-order valence-corrected chi connectivity index (χ3v) is 2.96. The first-order chi connectivity index (χ1) is 9.19. The number of benzene rings is 2. The average Bonchev–Trinajstić information content (AvgIpc) is 2.41. The van der Waals surface area contributed by atoms with Crippen LogP contribution in [0, 0.1) is 6.92 Å². The van der Waals surface area contributed by atoms with Crippen LogP contribution in [0.3, 0.4) is 0 Å². The molecule has 0 amide bonds. The number of para-hydroxylation sites is 1. The number of halogens is 1. The number of hydrogen-bond acceptors (Lipinski definition) is 1. The van der Waals surface area contributed by atoms with Crippen LogP contribution in [0.5, 0.6) is 0 Å². The van der Waals surface area contributed by atoms with E-state index in [-0.39, 0.29) is 12.4 Å². The molecule has 0 spiro atoms. The van der Waals surface area contributed by atoms with Gasteiger partial charge in [0.1, 0.15) is 0 Å². The number of hydrogen-bond donors (Lipinski definition) is 2. The van der Waals surface area contributed by atoms with Crippen molar-refractivity contribution in [3.05, 3.63) is 59.7 Å². The first kappa shape index (κ1) is 16.1. The van der Waals surface area contributed by atoms with Crippen molar-refractivity contribution >= 4 is 29.7 Å². The molecule has 106 valence electrons. The smallest absolute Gasteiger partial charge is 0.198 e. The summed E-state index contributed by atoms with van der Waals surface area (Å²) in [6.45, 7) is 4.15. The second-order valence-electron chi connectivity index (χ2n) is 4.46. The van der Waals surface area contributed by atoms with E-state index in [0.717, 1.165) is 23.4 Å². The lowest BCUT2D eigenvalue weighted by atomic mass is 10.1. The molecule has 0 aliphatic carbocycles. The van der Waals surface area contributed by atoms with Gasteiger partial charge >= 0.3 is 0 Å². The third kappa shape index (κ3) is 4.28. The molecular formula is C16H20ClN3. The second kappa shape index (κ2) is 7.56. The summed E-state index contributed by atoms with van der Waals surface area (Å²) in [7, 11) is 0. The fraction of sp³-hybridized carbons (Fsp3) is 0.188. The van der Waals surface area contributed by atoms with Crippen LogP contribution in [-0.2, 0) is 6.42 Å². The van der Waals surface area contributed by atoms with Gasteiger partial charge in [0.25, 0.3) is 0 Å². The molecule has 3 nitrogen and oxygen atoms in total. The van der Waals surface area contributed by atoms with E-state index in [1.165, 1.54) is 5.56 Å². The van der Waals surface area contributed by atoms with Crippen molar-refractivity contribution < 1.29 is 0 Å². The fourth-order valence-corrected chi connectivity index (χ4v) is 1.86. The number of rotatable bonds is 3.